The number of pyridine rings is 1. The van der Waals surface area contributed by atoms with Gasteiger partial charge in [-0.15, -0.1) is 0 Å². The van der Waals surface area contributed by atoms with Gasteiger partial charge < -0.3 is 5.73 Å². The highest BCUT2D eigenvalue weighted by atomic mass is 35.5. The quantitative estimate of drug-likeness (QED) is 0.888. The minimum absolute atomic E-state index is 0.121. The van der Waals surface area contributed by atoms with Gasteiger partial charge in [0.1, 0.15) is 0 Å². The topological polar surface area (TPSA) is 48.0 Å². The van der Waals surface area contributed by atoms with E-state index in [1.807, 2.05) is 25.1 Å². The van der Waals surface area contributed by atoms with Gasteiger partial charge in [-0.05, 0) is 36.8 Å². The van der Waals surface area contributed by atoms with E-state index in [1.165, 1.54) is 6.07 Å². The molecule has 4 heteroatoms. The van der Waals surface area contributed by atoms with E-state index in [0.717, 1.165) is 17.8 Å². The molecule has 0 saturated heterocycles. The van der Waals surface area contributed by atoms with E-state index < -0.39 is 0 Å². The number of nitrogens with two attached hydrogens (primary N) is 1. The SMILES string of the molecule is CCc1cc(N)cc(=O)n1-c1ccc(Cl)cc1. The van der Waals surface area contributed by atoms with Crippen molar-refractivity contribution in [2.45, 2.75) is 13.3 Å². The highest BCUT2D eigenvalue weighted by molar-refractivity contribution is 6.30. The van der Waals surface area contributed by atoms with Crippen LogP contribution in [0.15, 0.2) is 41.2 Å². The summed E-state index contributed by atoms with van der Waals surface area (Å²) >= 11 is 5.83. The van der Waals surface area contributed by atoms with E-state index in [-0.39, 0.29) is 5.56 Å². The van der Waals surface area contributed by atoms with E-state index in [1.54, 1.807) is 16.7 Å². The summed E-state index contributed by atoms with van der Waals surface area (Å²) in [5.41, 5.74) is 7.74. The Balaban J connectivity index is 2.66. The van der Waals surface area contributed by atoms with Crippen LogP contribution in [0.5, 0.6) is 0 Å². The summed E-state index contributed by atoms with van der Waals surface area (Å²) in [5, 5.41) is 0.648. The molecule has 1 aromatic heterocycles. The minimum Gasteiger partial charge on any atom is -0.399 e. The van der Waals surface area contributed by atoms with E-state index in [4.69, 9.17) is 17.3 Å². The third-order valence-electron chi connectivity index (χ3n) is 2.58. The standard InChI is InChI=1S/C13H13ClN2O/c1-2-11-7-10(15)8-13(17)16(11)12-5-3-9(14)4-6-12/h3-8H,2,15H2,1H3. The summed E-state index contributed by atoms with van der Waals surface area (Å²) in [4.78, 5) is 12.0. The Bertz CT molecular complexity index is 587. The van der Waals surface area contributed by atoms with E-state index >= 15 is 0 Å². The maximum Gasteiger partial charge on any atom is 0.257 e. The molecule has 0 saturated carbocycles. The van der Waals surface area contributed by atoms with Crippen LogP contribution in [-0.4, -0.2) is 4.57 Å². The molecule has 0 aliphatic carbocycles. The van der Waals surface area contributed by atoms with E-state index in [2.05, 4.69) is 0 Å². The van der Waals surface area contributed by atoms with Crippen LogP contribution < -0.4 is 11.3 Å². The Morgan fingerprint density at radius 3 is 2.47 bits per heavy atom. The predicted octanol–water partition coefficient (Wildman–Crippen LogP) is 2.64. The summed E-state index contributed by atoms with van der Waals surface area (Å²) < 4.78 is 1.65. The minimum atomic E-state index is -0.121. The molecule has 0 radical (unpaired) electrons. The molecule has 1 aromatic carbocycles. The molecule has 0 aliphatic heterocycles. The molecular formula is C13H13ClN2O. The van der Waals surface area contributed by atoms with Gasteiger partial charge in [0.2, 0.25) is 0 Å². The molecule has 2 rings (SSSR count). The third kappa shape index (κ3) is 2.34. The molecule has 17 heavy (non-hydrogen) atoms. The fraction of sp³-hybridized carbons (Fsp3) is 0.154. The second-order valence-electron chi connectivity index (χ2n) is 3.78. The van der Waals surface area contributed by atoms with Crippen molar-refractivity contribution >= 4 is 17.3 Å². The number of aryl methyl sites for hydroxylation is 1. The second kappa shape index (κ2) is 4.63. The third-order valence-corrected chi connectivity index (χ3v) is 2.83. The monoisotopic (exact) mass is 248 g/mol. The Hall–Kier alpha value is -1.74. The van der Waals surface area contributed by atoms with Gasteiger partial charge in [-0.25, -0.2) is 0 Å². The molecule has 0 amide bonds. The molecule has 2 aromatic rings. The molecule has 0 spiro atoms. The first-order chi connectivity index (χ1) is 8.11. The molecule has 2 N–H and O–H groups in total. The van der Waals surface area contributed by atoms with Crippen molar-refractivity contribution in [1.82, 2.24) is 4.57 Å². The van der Waals surface area contributed by atoms with Gasteiger partial charge in [-0.1, -0.05) is 18.5 Å². The van der Waals surface area contributed by atoms with Crippen LogP contribution in [0.25, 0.3) is 5.69 Å². The van der Waals surface area contributed by atoms with Crippen molar-refractivity contribution in [2.75, 3.05) is 5.73 Å². The Morgan fingerprint density at radius 1 is 1.24 bits per heavy atom. The number of hydrogen-bond acceptors (Lipinski definition) is 2. The summed E-state index contributed by atoms with van der Waals surface area (Å²) in [6.45, 7) is 1.99. The van der Waals surface area contributed by atoms with Gasteiger partial charge in [0, 0.05) is 28.2 Å². The molecule has 0 bridgehead atoms. The lowest BCUT2D eigenvalue weighted by Crippen LogP contribution is -2.21. The maximum atomic E-state index is 12.0. The van der Waals surface area contributed by atoms with Crippen molar-refractivity contribution < 1.29 is 0 Å². The van der Waals surface area contributed by atoms with Gasteiger partial charge in [0.05, 0.1) is 0 Å². The van der Waals surface area contributed by atoms with Gasteiger partial charge in [0.25, 0.3) is 5.56 Å². The first-order valence-electron chi connectivity index (χ1n) is 5.39. The average Bonchev–Trinajstić information content (AvgIpc) is 2.30. The number of anilines is 1. The summed E-state index contributed by atoms with van der Waals surface area (Å²) in [6, 6.07) is 10.4. The zero-order valence-electron chi connectivity index (χ0n) is 9.48. The number of nitrogen functional groups attached to an aromatic ring is 1. The van der Waals surface area contributed by atoms with Crippen molar-refractivity contribution in [1.29, 1.82) is 0 Å². The smallest absolute Gasteiger partial charge is 0.257 e. The predicted molar refractivity (Wildman–Crippen MR) is 70.8 cm³/mol. The first-order valence-corrected chi connectivity index (χ1v) is 5.77. The zero-order valence-corrected chi connectivity index (χ0v) is 10.2. The molecule has 88 valence electrons. The lowest BCUT2D eigenvalue weighted by Gasteiger charge is -2.12. The average molecular weight is 249 g/mol. The van der Waals surface area contributed by atoms with Gasteiger partial charge in [-0.2, -0.15) is 0 Å². The lowest BCUT2D eigenvalue weighted by molar-refractivity contribution is 0.878. The number of nitrogens with zero attached hydrogens (tertiary/aromatic N) is 1. The van der Waals surface area contributed by atoms with Gasteiger partial charge in [-0.3, -0.25) is 9.36 Å². The fourth-order valence-electron chi connectivity index (χ4n) is 1.79. The normalized spacial score (nSPS) is 10.5. The highest BCUT2D eigenvalue weighted by Crippen LogP contribution is 2.15. The largest absolute Gasteiger partial charge is 0.399 e. The first kappa shape index (κ1) is 11.7. The van der Waals surface area contributed by atoms with Crippen molar-refractivity contribution in [3.05, 3.63) is 57.5 Å². The molecule has 3 nitrogen and oxygen atoms in total. The Morgan fingerprint density at radius 2 is 1.88 bits per heavy atom. The number of aromatic nitrogens is 1. The molecule has 0 aliphatic rings. The molecule has 0 unspecified atom stereocenters. The van der Waals surface area contributed by atoms with Gasteiger partial charge >= 0.3 is 0 Å². The van der Waals surface area contributed by atoms with Crippen LogP contribution in [0.1, 0.15) is 12.6 Å². The van der Waals surface area contributed by atoms with Crippen LogP contribution >= 0.6 is 11.6 Å². The van der Waals surface area contributed by atoms with Crippen LogP contribution in [0.2, 0.25) is 5.02 Å². The number of hydrogen-bond donors (Lipinski definition) is 1. The van der Waals surface area contributed by atoms with E-state index in [9.17, 15) is 4.79 Å². The summed E-state index contributed by atoms with van der Waals surface area (Å²) in [5.74, 6) is 0. The summed E-state index contributed by atoms with van der Waals surface area (Å²) in [7, 11) is 0. The Labute approximate surface area is 104 Å². The van der Waals surface area contributed by atoms with E-state index in [0.29, 0.717) is 10.7 Å². The number of rotatable bonds is 2. The summed E-state index contributed by atoms with van der Waals surface area (Å²) in [6.07, 6.45) is 0.739. The molecule has 1 heterocycles. The molecule has 0 atom stereocenters. The van der Waals surface area contributed by atoms with Crippen molar-refractivity contribution in [3.8, 4) is 5.69 Å². The Kier molecular flexibility index (Phi) is 3.20. The zero-order chi connectivity index (χ0) is 12.4. The van der Waals surface area contributed by atoms with Crippen LogP contribution in [0.3, 0.4) is 0 Å². The van der Waals surface area contributed by atoms with Crippen LogP contribution in [0, 0.1) is 0 Å². The lowest BCUT2D eigenvalue weighted by atomic mass is 10.2. The van der Waals surface area contributed by atoms with Crippen molar-refractivity contribution in [2.24, 2.45) is 0 Å². The van der Waals surface area contributed by atoms with Crippen molar-refractivity contribution in [3.63, 3.8) is 0 Å². The molecular weight excluding hydrogens is 236 g/mol. The second-order valence-corrected chi connectivity index (χ2v) is 4.22. The van der Waals surface area contributed by atoms with Gasteiger partial charge in [0.15, 0.2) is 0 Å². The fourth-order valence-corrected chi connectivity index (χ4v) is 1.92. The van der Waals surface area contributed by atoms with Crippen LogP contribution in [0.4, 0.5) is 5.69 Å². The number of benzene rings is 1. The highest BCUT2D eigenvalue weighted by Gasteiger charge is 2.06. The molecule has 0 fully saturated rings. The van der Waals surface area contributed by atoms with Crippen LogP contribution in [-0.2, 0) is 6.42 Å². The number of halogens is 1. The maximum absolute atomic E-state index is 12.0.